The Morgan fingerprint density at radius 3 is 2.82 bits per heavy atom. The van der Waals surface area contributed by atoms with Crippen LogP contribution < -0.4 is 10.2 Å². The van der Waals surface area contributed by atoms with E-state index in [4.69, 9.17) is 0 Å². The van der Waals surface area contributed by atoms with E-state index in [9.17, 15) is 0 Å². The summed E-state index contributed by atoms with van der Waals surface area (Å²) in [5.74, 6) is 0. The zero-order valence-corrected chi connectivity index (χ0v) is 13.8. The van der Waals surface area contributed by atoms with E-state index in [0.717, 1.165) is 19.6 Å². The van der Waals surface area contributed by atoms with Gasteiger partial charge in [-0.3, -0.25) is 0 Å². The predicted molar refractivity (Wildman–Crippen MR) is 96.0 cm³/mol. The molecule has 2 aliphatic heterocycles. The fourth-order valence-corrected chi connectivity index (χ4v) is 4.48. The summed E-state index contributed by atoms with van der Waals surface area (Å²) < 4.78 is 0. The van der Waals surface area contributed by atoms with Gasteiger partial charge in [0.2, 0.25) is 0 Å². The summed E-state index contributed by atoms with van der Waals surface area (Å²) in [5.41, 5.74) is 5.80. The quantitative estimate of drug-likeness (QED) is 0.849. The maximum Gasteiger partial charge on any atom is 0.0482 e. The van der Waals surface area contributed by atoms with Gasteiger partial charge in [0.25, 0.3) is 0 Å². The Kier molecular flexibility index (Phi) is 3.85. The van der Waals surface area contributed by atoms with E-state index < -0.39 is 0 Å². The molecule has 22 heavy (non-hydrogen) atoms. The van der Waals surface area contributed by atoms with Crippen molar-refractivity contribution in [3.05, 3.63) is 48.0 Å². The van der Waals surface area contributed by atoms with Crippen molar-refractivity contribution in [3.63, 3.8) is 0 Å². The summed E-state index contributed by atoms with van der Waals surface area (Å²) in [5, 5.41) is 3.54. The molecule has 2 aliphatic rings. The Labute approximate surface area is 136 Å². The Hall–Kier alpha value is -1.45. The molecule has 0 aliphatic carbocycles. The third kappa shape index (κ3) is 2.33. The van der Waals surface area contributed by atoms with Crippen molar-refractivity contribution in [1.82, 2.24) is 5.32 Å². The number of fused-ring (bicyclic) bond motifs is 3. The first kappa shape index (κ1) is 14.2. The van der Waals surface area contributed by atoms with Crippen LogP contribution in [0.25, 0.3) is 11.1 Å². The van der Waals surface area contributed by atoms with Gasteiger partial charge < -0.3 is 10.2 Å². The number of anilines is 1. The van der Waals surface area contributed by atoms with Crippen molar-refractivity contribution in [2.45, 2.75) is 23.8 Å². The lowest BCUT2D eigenvalue weighted by Crippen LogP contribution is -2.33. The van der Waals surface area contributed by atoms with Crippen molar-refractivity contribution in [2.75, 3.05) is 30.8 Å². The number of nitrogens with zero attached hydrogens (tertiary/aromatic N) is 1. The van der Waals surface area contributed by atoms with Crippen LogP contribution in [0.2, 0.25) is 0 Å². The van der Waals surface area contributed by atoms with Gasteiger partial charge in [0, 0.05) is 35.3 Å². The average Bonchev–Trinajstić information content (AvgIpc) is 2.76. The molecule has 3 heteroatoms. The molecule has 1 N–H and O–H groups in total. The zero-order valence-electron chi connectivity index (χ0n) is 13.0. The number of hydrogen-bond acceptors (Lipinski definition) is 3. The Bertz CT molecular complexity index is 683. The standard InChI is InChI=1S/C19H22N2S/c1-22-18-8-3-2-6-16(18)17-7-4-5-14-13-15-9-10-20-11-12-21(15)19(14)17/h2-8,15,20H,9-13H2,1H3. The van der Waals surface area contributed by atoms with E-state index in [2.05, 4.69) is 58.9 Å². The SMILES string of the molecule is CSc1ccccc1-c1cccc2c1N1CCNCCC1C2. The number of thioether (sulfide) groups is 1. The first-order valence-electron chi connectivity index (χ1n) is 8.11. The Balaban J connectivity index is 1.85. The number of nitrogens with one attached hydrogen (secondary N) is 1. The fraction of sp³-hybridized carbons (Fsp3) is 0.368. The van der Waals surface area contributed by atoms with Gasteiger partial charge in [-0.25, -0.2) is 0 Å². The molecular formula is C19H22N2S. The first-order chi connectivity index (χ1) is 10.9. The number of hydrogen-bond donors (Lipinski definition) is 1. The fourth-order valence-electron chi connectivity index (χ4n) is 3.87. The molecule has 1 atom stereocenters. The Morgan fingerprint density at radius 2 is 1.91 bits per heavy atom. The van der Waals surface area contributed by atoms with Crippen molar-refractivity contribution in [2.24, 2.45) is 0 Å². The van der Waals surface area contributed by atoms with Crippen molar-refractivity contribution < 1.29 is 0 Å². The molecule has 2 aromatic rings. The van der Waals surface area contributed by atoms with Crippen LogP contribution in [0, 0.1) is 0 Å². The van der Waals surface area contributed by atoms with Crippen molar-refractivity contribution in [1.29, 1.82) is 0 Å². The van der Waals surface area contributed by atoms with E-state index in [0.29, 0.717) is 6.04 Å². The van der Waals surface area contributed by atoms with E-state index in [1.54, 1.807) is 0 Å². The lowest BCUT2D eigenvalue weighted by atomic mass is 10.00. The van der Waals surface area contributed by atoms with Crippen LogP contribution in [0.4, 0.5) is 5.69 Å². The lowest BCUT2D eigenvalue weighted by molar-refractivity contribution is 0.612. The second kappa shape index (κ2) is 5.98. The third-order valence-electron chi connectivity index (χ3n) is 4.88. The molecule has 1 fully saturated rings. The molecule has 2 heterocycles. The summed E-state index contributed by atoms with van der Waals surface area (Å²) >= 11 is 1.84. The average molecular weight is 310 g/mol. The number of para-hydroxylation sites is 1. The highest BCUT2D eigenvalue weighted by atomic mass is 32.2. The minimum absolute atomic E-state index is 0.674. The molecule has 4 rings (SSSR count). The highest BCUT2D eigenvalue weighted by Gasteiger charge is 2.32. The molecule has 2 aromatic carbocycles. The largest absolute Gasteiger partial charge is 0.366 e. The molecule has 1 unspecified atom stereocenters. The van der Waals surface area contributed by atoms with Crippen LogP contribution in [-0.4, -0.2) is 31.9 Å². The Morgan fingerprint density at radius 1 is 1.05 bits per heavy atom. The van der Waals surface area contributed by atoms with Crippen LogP contribution in [0.15, 0.2) is 47.4 Å². The summed E-state index contributed by atoms with van der Waals surface area (Å²) in [6, 6.07) is 16.3. The van der Waals surface area contributed by atoms with E-state index in [-0.39, 0.29) is 0 Å². The van der Waals surface area contributed by atoms with E-state index in [1.807, 2.05) is 11.8 Å². The maximum absolute atomic E-state index is 3.54. The zero-order chi connectivity index (χ0) is 14.9. The molecule has 0 aromatic heterocycles. The highest BCUT2D eigenvalue weighted by Crippen LogP contribution is 2.43. The van der Waals surface area contributed by atoms with Crippen LogP contribution in [0.5, 0.6) is 0 Å². The van der Waals surface area contributed by atoms with Crippen molar-refractivity contribution >= 4 is 17.4 Å². The third-order valence-corrected chi connectivity index (χ3v) is 5.68. The molecule has 0 bridgehead atoms. The van der Waals surface area contributed by atoms with Crippen LogP contribution in [0.3, 0.4) is 0 Å². The monoisotopic (exact) mass is 310 g/mol. The molecule has 2 nitrogen and oxygen atoms in total. The predicted octanol–water partition coefficient (Wildman–Crippen LogP) is 3.80. The summed E-state index contributed by atoms with van der Waals surface area (Å²) in [7, 11) is 0. The van der Waals surface area contributed by atoms with Gasteiger partial charge >= 0.3 is 0 Å². The van der Waals surface area contributed by atoms with Crippen LogP contribution >= 0.6 is 11.8 Å². The van der Waals surface area contributed by atoms with Gasteiger partial charge in [-0.2, -0.15) is 0 Å². The normalized spacial score (nSPS) is 20.4. The lowest BCUT2D eigenvalue weighted by Gasteiger charge is -2.27. The van der Waals surface area contributed by atoms with E-state index in [1.165, 1.54) is 40.1 Å². The van der Waals surface area contributed by atoms with Crippen LogP contribution in [-0.2, 0) is 6.42 Å². The van der Waals surface area contributed by atoms with Crippen LogP contribution in [0.1, 0.15) is 12.0 Å². The number of rotatable bonds is 2. The molecule has 1 saturated heterocycles. The maximum atomic E-state index is 3.54. The van der Waals surface area contributed by atoms with Gasteiger partial charge in [0.15, 0.2) is 0 Å². The second-order valence-electron chi connectivity index (χ2n) is 6.10. The highest BCUT2D eigenvalue weighted by molar-refractivity contribution is 7.98. The second-order valence-corrected chi connectivity index (χ2v) is 6.95. The first-order valence-corrected chi connectivity index (χ1v) is 9.33. The minimum atomic E-state index is 0.674. The van der Waals surface area contributed by atoms with Gasteiger partial charge in [0.05, 0.1) is 0 Å². The van der Waals surface area contributed by atoms with Gasteiger partial charge in [0.1, 0.15) is 0 Å². The molecule has 114 valence electrons. The van der Waals surface area contributed by atoms with E-state index >= 15 is 0 Å². The molecule has 0 amide bonds. The smallest absolute Gasteiger partial charge is 0.0482 e. The van der Waals surface area contributed by atoms with Gasteiger partial charge in [-0.15, -0.1) is 11.8 Å². The summed E-state index contributed by atoms with van der Waals surface area (Å²) in [4.78, 5) is 4.02. The van der Waals surface area contributed by atoms with Gasteiger partial charge in [-0.05, 0) is 42.8 Å². The minimum Gasteiger partial charge on any atom is -0.366 e. The molecular weight excluding hydrogens is 288 g/mol. The summed E-state index contributed by atoms with van der Waals surface area (Å²) in [6.45, 7) is 3.36. The van der Waals surface area contributed by atoms with Crippen molar-refractivity contribution in [3.8, 4) is 11.1 Å². The molecule has 0 spiro atoms. The summed E-state index contributed by atoms with van der Waals surface area (Å²) in [6.07, 6.45) is 4.62. The molecule has 0 saturated carbocycles. The van der Waals surface area contributed by atoms with Gasteiger partial charge in [-0.1, -0.05) is 36.4 Å². The number of benzene rings is 2. The topological polar surface area (TPSA) is 15.3 Å². The molecule has 0 radical (unpaired) electrons.